The molecule has 2 atom stereocenters. The lowest BCUT2D eigenvalue weighted by Crippen LogP contribution is -2.22. The van der Waals surface area contributed by atoms with Crippen LogP contribution in [0.15, 0.2) is 18.2 Å². The number of carbonyl (C=O) groups is 2. The standard InChI is InChI=1S/C15H13F6NO3/c1-7-2-11(7)13(24)25-6-12(23)22-10-4-8(14(16,17)18)3-9(5-10)15(19,20)21/h3-5,7,11H,2,6H2,1H3,(H,22,23)/t7-,11-/m1/s1. The Balaban J connectivity index is 2.09. The molecule has 0 unspecified atom stereocenters. The summed E-state index contributed by atoms with van der Waals surface area (Å²) in [5.74, 6) is -1.84. The van der Waals surface area contributed by atoms with Crippen LogP contribution in [-0.2, 0) is 26.7 Å². The molecule has 1 aliphatic rings. The lowest BCUT2D eigenvalue weighted by atomic mass is 10.1. The van der Waals surface area contributed by atoms with Gasteiger partial charge in [0.25, 0.3) is 5.91 Å². The number of rotatable bonds is 4. The van der Waals surface area contributed by atoms with Gasteiger partial charge in [-0.25, -0.2) is 0 Å². The van der Waals surface area contributed by atoms with Gasteiger partial charge in [0.15, 0.2) is 6.61 Å². The van der Waals surface area contributed by atoms with Crippen LogP contribution in [-0.4, -0.2) is 18.5 Å². The van der Waals surface area contributed by atoms with Crippen molar-refractivity contribution in [3.05, 3.63) is 29.3 Å². The molecule has 1 fully saturated rings. The predicted molar refractivity (Wildman–Crippen MR) is 73.3 cm³/mol. The van der Waals surface area contributed by atoms with Crippen LogP contribution >= 0.6 is 0 Å². The molecule has 1 aromatic rings. The molecule has 0 saturated heterocycles. The molecule has 1 N–H and O–H groups in total. The third-order valence-corrected chi connectivity index (χ3v) is 3.63. The summed E-state index contributed by atoms with van der Waals surface area (Å²) in [5.41, 5.74) is -3.80. The molecule has 10 heteroatoms. The fourth-order valence-electron chi connectivity index (χ4n) is 2.12. The summed E-state index contributed by atoms with van der Waals surface area (Å²) < 4.78 is 80.9. The van der Waals surface area contributed by atoms with Gasteiger partial charge in [-0.2, -0.15) is 26.3 Å². The summed E-state index contributed by atoms with van der Waals surface area (Å²) in [7, 11) is 0. The lowest BCUT2D eigenvalue weighted by molar-refractivity contribution is -0.148. The first-order chi connectivity index (χ1) is 11.4. The molecule has 4 nitrogen and oxygen atoms in total. The van der Waals surface area contributed by atoms with E-state index >= 15 is 0 Å². The number of hydrogen-bond donors (Lipinski definition) is 1. The second-order valence-corrected chi connectivity index (χ2v) is 5.77. The van der Waals surface area contributed by atoms with Gasteiger partial charge >= 0.3 is 18.3 Å². The zero-order chi connectivity index (χ0) is 19.0. The average Bonchev–Trinajstić information content (AvgIpc) is 3.19. The molecule has 1 saturated carbocycles. The fourth-order valence-corrected chi connectivity index (χ4v) is 2.12. The summed E-state index contributed by atoms with van der Waals surface area (Å²) in [4.78, 5) is 23.1. The first-order valence-corrected chi connectivity index (χ1v) is 7.14. The maximum absolute atomic E-state index is 12.7. The molecule has 138 valence electrons. The number of anilines is 1. The Labute approximate surface area is 138 Å². The van der Waals surface area contributed by atoms with E-state index in [0.717, 1.165) is 0 Å². The number of halogens is 6. The SMILES string of the molecule is C[C@@H]1C[C@H]1C(=O)OCC(=O)Nc1cc(C(F)(F)F)cc(C(F)(F)F)c1. The Morgan fingerprint density at radius 1 is 1.08 bits per heavy atom. The van der Waals surface area contributed by atoms with Gasteiger partial charge < -0.3 is 10.1 Å². The van der Waals surface area contributed by atoms with E-state index < -0.39 is 47.7 Å². The molecule has 0 aliphatic heterocycles. The van der Waals surface area contributed by atoms with Gasteiger partial charge in [0, 0.05) is 5.69 Å². The third kappa shape index (κ3) is 5.10. The van der Waals surface area contributed by atoms with Crippen molar-refractivity contribution in [1.82, 2.24) is 0 Å². The van der Waals surface area contributed by atoms with Gasteiger partial charge in [-0.1, -0.05) is 6.92 Å². The number of amides is 1. The van der Waals surface area contributed by atoms with Gasteiger partial charge in [0.1, 0.15) is 0 Å². The van der Waals surface area contributed by atoms with E-state index in [0.29, 0.717) is 18.6 Å². The van der Waals surface area contributed by atoms with Gasteiger partial charge in [-0.05, 0) is 30.5 Å². The van der Waals surface area contributed by atoms with Crippen molar-refractivity contribution >= 4 is 17.6 Å². The van der Waals surface area contributed by atoms with Crippen molar-refractivity contribution in [1.29, 1.82) is 0 Å². The van der Waals surface area contributed by atoms with Gasteiger partial charge in [0.05, 0.1) is 17.0 Å². The Morgan fingerprint density at radius 2 is 1.56 bits per heavy atom. The van der Waals surface area contributed by atoms with Crippen molar-refractivity contribution in [3.63, 3.8) is 0 Å². The maximum atomic E-state index is 12.7. The van der Waals surface area contributed by atoms with Crippen LogP contribution in [0.4, 0.5) is 32.0 Å². The molecule has 1 aromatic carbocycles. The highest BCUT2D eigenvalue weighted by Gasteiger charge is 2.41. The minimum atomic E-state index is -5.02. The zero-order valence-corrected chi connectivity index (χ0v) is 12.8. The topological polar surface area (TPSA) is 55.4 Å². The van der Waals surface area contributed by atoms with Gasteiger partial charge in [-0.3, -0.25) is 9.59 Å². The summed E-state index contributed by atoms with van der Waals surface area (Å²) >= 11 is 0. The zero-order valence-electron chi connectivity index (χ0n) is 12.8. The highest BCUT2D eigenvalue weighted by atomic mass is 19.4. The summed E-state index contributed by atoms with van der Waals surface area (Å²) in [5, 5.41) is 1.88. The summed E-state index contributed by atoms with van der Waals surface area (Å²) in [6, 6.07) is 0.694. The van der Waals surface area contributed by atoms with Crippen LogP contribution in [0.25, 0.3) is 0 Å². The molecule has 0 spiro atoms. The number of nitrogens with one attached hydrogen (secondary N) is 1. The Morgan fingerprint density at radius 3 is 1.96 bits per heavy atom. The second kappa shape index (κ2) is 6.57. The van der Waals surface area contributed by atoms with E-state index in [-0.39, 0.29) is 17.9 Å². The summed E-state index contributed by atoms with van der Waals surface area (Å²) in [6.45, 7) is 1.01. The Hall–Kier alpha value is -2.26. The Bertz CT molecular complexity index is 651. The minimum absolute atomic E-state index is 0.0514. The van der Waals surface area contributed by atoms with Crippen LogP contribution in [0.5, 0.6) is 0 Å². The largest absolute Gasteiger partial charge is 0.455 e. The quantitative estimate of drug-likeness (QED) is 0.648. The highest BCUT2D eigenvalue weighted by Crippen LogP contribution is 2.39. The van der Waals surface area contributed by atoms with Gasteiger partial charge in [0.2, 0.25) is 0 Å². The van der Waals surface area contributed by atoms with E-state index in [1.165, 1.54) is 0 Å². The molecule has 0 heterocycles. The fraction of sp³-hybridized carbons (Fsp3) is 0.467. The average molecular weight is 369 g/mol. The van der Waals surface area contributed by atoms with Crippen molar-refractivity contribution in [2.75, 3.05) is 11.9 Å². The van der Waals surface area contributed by atoms with E-state index in [2.05, 4.69) is 4.74 Å². The minimum Gasteiger partial charge on any atom is -0.455 e. The maximum Gasteiger partial charge on any atom is 0.416 e. The normalized spacial score (nSPS) is 20.1. The molecule has 25 heavy (non-hydrogen) atoms. The van der Waals surface area contributed by atoms with Gasteiger partial charge in [-0.15, -0.1) is 0 Å². The van der Waals surface area contributed by atoms with Crippen LogP contribution in [0, 0.1) is 11.8 Å². The smallest absolute Gasteiger partial charge is 0.416 e. The lowest BCUT2D eigenvalue weighted by Gasteiger charge is -2.14. The number of carbonyl (C=O) groups excluding carboxylic acids is 2. The van der Waals surface area contributed by atoms with Crippen molar-refractivity contribution in [2.45, 2.75) is 25.7 Å². The highest BCUT2D eigenvalue weighted by molar-refractivity contribution is 5.93. The first-order valence-electron chi connectivity index (χ1n) is 7.14. The van der Waals surface area contributed by atoms with E-state index in [9.17, 15) is 35.9 Å². The first kappa shape index (κ1) is 19.1. The molecule has 2 rings (SSSR count). The number of hydrogen-bond acceptors (Lipinski definition) is 3. The van der Waals surface area contributed by atoms with Crippen LogP contribution in [0.3, 0.4) is 0 Å². The molecular formula is C15H13F6NO3. The molecule has 1 aliphatic carbocycles. The number of esters is 1. The van der Waals surface area contributed by atoms with Crippen LogP contribution < -0.4 is 5.32 Å². The molecule has 1 amide bonds. The number of benzene rings is 1. The third-order valence-electron chi connectivity index (χ3n) is 3.63. The molecule has 0 radical (unpaired) electrons. The van der Waals surface area contributed by atoms with E-state index in [1.807, 2.05) is 5.32 Å². The van der Waals surface area contributed by atoms with Crippen LogP contribution in [0.1, 0.15) is 24.5 Å². The van der Waals surface area contributed by atoms with Crippen molar-refractivity contribution in [2.24, 2.45) is 11.8 Å². The second-order valence-electron chi connectivity index (χ2n) is 5.77. The predicted octanol–water partition coefficient (Wildman–Crippen LogP) is 3.86. The van der Waals surface area contributed by atoms with Crippen molar-refractivity contribution < 1.29 is 40.7 Å². The van der Waals surface area contributed by atoms with E-state index in [1.54, 1.807) is 6.92 Å². The Kier molecular flexibility index (Phi) is 5.01. The number of ether oxygens (including phenoxy) is 1. The van der Waals surface area contributed by atoms with Crippen LogP contribution in [0.2, 0.25) is 0 Å². The van der Waals surface area contributed by atoms with E-state index in [4.69, 9.17) is 0 Å². The summed E-state index contributed by atoms with van der Waals surface area (Å²) in [6.07, 6.45) is -9.42. The van der Waals surface area contributed by atoms with Crippen molar-refractivity contribution in [3.8, 4) is 0 Å². The molecular weight excluding hydrogens is 356 g/mol. The monoisotopic (exact) mass is 369 g/mol. The number of alkyl halides is 6. The molecule has 0 aromatic heterocycles. The molecule has 0 bridgehead atoms.